The molecule has 46 heavy (non-hydrogen) atoms. The van der Waals surface area contributed by atoms with Gasteiger partial charge in [-0.2, -0.15) is 0 Å². The number of hydrogen-bond acceptors (Lipinski definition) is 5. The minimum atomic E-state index is -0.748. The van der Waals surface area contributed by atoms with Gasteiger partial charge in [0.25, 0.3) is 5.56 Å². The van der Waals surface area contributed by atoms with Crippen LogP contribution in [0.25, 0.3) is 17.5 Å². The highest BCUT2D eigenvalue weighted by molar-refractivity contribution is 7.07. The summed E-state index contributed by atoms with van der Waals surface area (Å²) in [5.41, 5.74) is 6.55. The van der Waals surface area contributed by atoms with Gasteiger partial charge in [-0.1, -0.05) is 91.4 Å². The first-order chi connectivity index (χ1) is 22.1. The van der Waals surface area contributed by atoms with E-state index in [4.69, 9.17) is 21.3 Å². The lowest BCUT2D eigenvalue weighted by molar-refractivity contribution is -0.138. The van der Waals surface area contributed by atoms with Crippen LogP contribution in [0.3, 0.4) is 0 Å². The van der Waals surface area contributed by atoms with Crippen LogP contribution in [0.2, 0.25) is 5.02 Å². The molecule has 6 nitrogen and oxygen atoms in total. The summed E-state index contributed by atoms with van der Waals surface area (Å²) in [6, 6.07) is 23.4. The van der Waals surface area contributed by atoms with Gasteiger partial charge in [0.15, 0.2) is 4.80 Å². The van der Waals surface area contributed by atoms with Gasteiger partial charge in [-0.25, -0.2) is 14.2 Å². The smallest absolute Gasteiger partial charge is 0.338 e. The number of esters is 1. The second-order valence-electron chi connectivity index (χ2n) is 11.5. The van der Waals surface area contributed by atoms with E-state index in [1.807, 2.05) is 85.2 Å². The number of aryl methyl sites for hydroxylation is 1. The van der Waals surface area contributed by atoms with Gasteiger partial charge in [-0.15, -0.1) is 0 Å². The number of carbonyl (C=O) groups is 1. The average Bonchev–Trinajstić information content (AvgIpc) is 3.51. The fourth-order valence-electron chi connectivity index (χ4n) is 5.92. The van der Waals surface area contributed by atoms with Gasteiger partial charge >= 0.3 is 5.97 Å². The standard InChI is InChI=1S/C37H33ClFN3O3S/c1-6-45-36(44)32-33(25-10-8-7-9-11-25)40-37-42(34(32)26-14-12-24(13-15-26)21(2)3)35(43)31(46-37)19-27-18-22(4)41(23(27)5)28-16-17-30(39)29(38)20-28/h7-21,34H,6H2,1-5H3/b31-19+/t34-/m0/s1. The zero-order valence-electron chi connectivity index (χ0n) is 26.2. The van der Waals surface area contributed by atoms with Crippen LogP contribution in [-0.4, -0.2) is 21.7 Å². The van der Waals surface area contributed by atoms with E-state index < -0.39 is 17.8 Å². The fraction of sp³-hybridized carbons (Fsp3) is 0.216. The first-order valence-corrected chi connectivity index (χ1v) is 16.3. The molecule has 3 heterocycles. The number of halogens is 2. The quantitative estimate of drug-likeness (QED) is 0.174. The summed E-state index contributed by atoms with van der Waals surface area (Å²) in [6.45, 7) is 10.1. The molecule has 1 aliphatic rings. The number of thiazole rings is 1. The number of carbonyl (C=O) groups excluding carboxylic acids is 1. The van der Waals surface area contributed by atoms with E-state index >= 15 is 0 Å². The Balaban J connectivity index is 1.59. The molecule has 0 spiro atoms. The molecule has 1 atom stereocenters. The second-order valence-corrected chi connectivity index (χ2v) is 12.9. The lowest BCUT2D eigenvalue weighted by atomic mass is 9.91. The fourth-order valence-corrected chi connectivity index (χ4v) is 7.08. The molecule has 6 rings (SSSR count). The number of aromatic nitrogens is 2. The highest BCUT2D eigenvalue weighted by Gasteiger charge is 2.35. The van der Waals surface area contributed by atoms with Crippen molar-refractivity contribution in [3.8, 4) is 5.69 Å². The topological polar surface area (TPSA) is 65.6 Å². The molecule has 1 aliphatic heterocycles. The van der Waals surface area contributed by atoms with E-state index in [2.05, 4.69) is 13.8 Å². The van der Waals surface area contributed by atoms with Crippen molar-refractivity contribution in [2.75, 3.05) is 6.61 Å². The Morgan fingerprint density at radius 3 is 2.43 bits per heavy atom. The van der Waals surface area contributed by atoms with Crippen molar-refractivity contribution in [3.05, 3.63) is 149 Å². The Hall–Kier alpha value is -4.53. The zero-order chi connectivity index (χ0) is 32.7. The Kier molecular flexibility index (Phi) is 8.68. The van der Waals surface area contributed by atoms with Gasteiger partial charge in [0.1, 0.15) is 5.82 Å². The summed E-state index contributed by atoms with van der Waals surface area (Å²) >= 11 is 7.37. The first kappa shape index (κ1) is 31.5. The lowest BCUT2D eigenvalue weighted by Crippen LogP contribution is -2.40. The summed E-state index contributed by atoms with van der Waals surface area (Å²) in [5.74, 6) is -0.681. The lowest BCUT2D eigenvalue weighted by Gasteiger charge is -2.26. The molecule has 0 unspecified atom stereocenters. The minimum absolute atomic E-state index is 0.0351. The molecule has 0 radical (unpaired) electrons. The van der Waals surface area contributed by atoms with Gasteiger partial charge < -0.3 is 9.30 Å². The molecule has 234 valence electrons. The molecule has 0 N–H and O–H groups in total. The van der Waals surface area contributed by atoms with Crippen LogP contribution in [0.1, 0.15) is 66.4 Å². The first-order valence-electron chi connectivity index (χ1n) is 15.1. The number of ether oxygens (including phenoxy) is 1. The van der Waals surface area contributed by atoms with Crippen LogP contribution in [0.15, 0.2) is 94.2 Å². The maximum atomic E-state index is 14.3. The van der Waals surface area contributed by atoms with Crippen molar-refractivity contribution in [1.29, 1.82) is 0 Å². The number of rotatable bonds is 7. The molecule has 0 aliphatic carbocycles. The van der Waals surface area contributed by atoms with Crippen LogP contribution < -0.4 is 14.9 Å². The minimum Gasteiger partial charge on any atom is -0.463 e. The average molecular weight is 654 g/mol. The number of hydrogen-bond donors (Lipinski definition) is 0. The molecule has 9 heteroatoms. The van der Waals surface area contributed by atoms with E-state index in [-0.39, 0.29) is 17.2 Å². The van der Waals surface area contributed by atoms with E-state index in [9.17, 15) is 14.0 Å². The maximum absolute atomic E-state index is 14.3. The largest absolute Gasteiger partial charge is 0.463 e. The molecule has 0 bridgehead atoms. The van der Waals surface area contributed by atoms with Crippen molar-refractivity contribution in [2.24, 2.45) is 4.99 Å². The van der Waals surface area contributed by atoms with Gasteiger partial charge in [-0.05, 0) is 73.7 Å². The zero-order valence-corrected chi connectivity index (χ0v) is 27.7. The van der Waals surface area contributed by atoms with Crippen LogP contribution in [0, 0.1) is 19.7 Å². The van der Waals surface area contributed by atoms with Crippen LogP contribution in [-0.2, 0) is 9.53 Å². The van der Waals surface area contributed by atoms with Crippen LogP contribution >= 0.6 is 22.9 Å². The van der Waals surface area contributed by atoms with Crippen LogP contribution in [0.5, 0.6) is 0 Å². The molecule has 0 fully saturated rings. The molecule has 5 aromatic rings. The second kappa shape index (κ2) is 12.7. The molecule has 0 saturated heterocycles. The van der Waals surface area contributed by atoms with Crippen molar-refractivity contribution in [1.82, 2.24) is 9.13 Å². The summed E-state index contributed by atoms with van der Waals surface area (Å²) < 4.78 is 23.5. The molecule has 2 aromatic heterocycles. The number of nitrogens with zero attached hydrogens (tertiary/aromatic N) is 3. The van der Waals surface area contributed by atoms with Gasteiger partial charge in [-0.3, -0.25) is 9.36 Å². The Morgan fingerprint density at radius 2 is 1.78 bits per heavy atom. The Labute approximate surface area is 275 Å². The van der Waals surface area contributed by atoms with E-state index in [1.54, 1.807) is 23.6 Å². The van der Waals surface area contributed by atoms with Crippen LogP contribution in [0.4, 0.5) is 4.39 Å². The van der Waals surface area contributed by atoms with Gasteiger partial charge in [0, 0.05) is 22.6 Å². The van der Waals surface area contributed by atoms with E-state index in [0.29, 0.717) is 26.5 Å². The number of benzene rings is 3. The highest BCUT2D eigenvalue weighted by Crippen LogP contribution is 2.35. The SMILES string of the molecule is CCOC(=O)C1=C(c2ccccc2)N=c2s/c(=C/c3cc(C)n(-c4ccc(F)c(Cl)c4)c3C)c(=O)n2[C@H]1c1ccc(C(C)C)cc1. The highest BCUT2D eigenvalue weighted by atomic mass is 35.5. The summed E-state index contributed by atoms with van der Waals surface area (Å²) in [6.07, 6.45) is 1.85. The third-order valence-corrected chi connectivity index (χ3v) is 9.48. The molecular formula is C37H33ClFN3O3S. The third kappa shape index (κ3) is 5.67. The summed E-state index contributed by atoms with van der Waals surface area (Å²) in [7, 11) is 0. The normalized spacial score (nSPS) is 14.9. The predicted octanol–water partition coefficient (Wildman–Crippen LogP) is 7.26. The monoisotopic (exact) mass is 653 g/mol. The van der Waals surface area contributed by atoms with Crippen molar-refractivity contribution >= 4 is 40.7 Å². The summed E-state index contributed by atoms with van der Waals surface area (Å²) in [4.78, 5) is 33.5. The summed E-state index contributed by atoms with van der Waals surface area (Å²) in [5, 5.41) is 0.0351. The van der Waals surface area contributed by atoms with Crippen molar-refractivity contribution in [3.63, 3.8) is 0 Å². The van der Waals surface area contributed by atoms with E-state index in [0.717, 1.165) is 39.3 Å². The van der Waals surface area contributed by atoms with Crippen molar-refractivity contribution in [2.45, 2.75) is 46.6 Å². The third-order valence-electron chi connectivity index (χ3n) is 8.21. The molecule has 3 aromatic carbocycles. The Morgan fingerprint density at radius 1 is 1.07 bits per heavy atom. The van der Waals surface area contributed by atoms with Gasteiger partial charge in [0.05, 0.1) is 33.5 Å². The number of fused-ring (bicyclic) bond motifs is 1. The predicted molar refractivity (Wildman–Crippen MR) is 182 cm³/mol. The van der Waals surface area contributed by atoms with Gasteiger partial charge in [0.2, 0.25) is 0 Å². The molecular weight excluding hydrogens is 621 g/mol. The maximum Gasteiger partial charge on any atom is 0.338 e. The van der Waals surface area contributed by atoms with E-state index in [1.165, 1.54) is 17.4 Å². The molecule has 0 amide bonds. The van der Waals surface area contributed by atoms with Crippen molar-refractivity contribution < 1.29 is 13.9 Å². The Bertz CT molecular complexity index is 2180. The molecule has 0 saturated carbocycles.